The van der Waals surface area contributed by atoms with Crippen molar-refractivity contribution < 1.29 is 44.2 Å². The van der Waals surface area contributed by atoms with Crippen molar-refractivity contribution in [2.24, 2.45) is 0 Å². The predicted molar refractivity (Wildman–Crippen MR) is 111 cm³/mol. The van der Waals surface area contributed by atoms with Gasteiger partial charge in [-0.25, -0.2) is 0 Å². The smallest absolute Gasteiger partial charge is 0.239 e. The Bertz CT molecular complexity index is 1190. The molecule has 0 unspecified atom stereocenters. The Morgan fingerprint density at radius 3 is 2.31 bits per heavy atom. The number of aromatic hydroxyl groups is 2. The van der Waals surface area contributed by atoms with Crippen molar-refractivity contribution >= 4 is 11.0 Å². The van der Waals surface area contributed by atoms with E-state index in [1.165, 1.54) is 44.4 Å². The van der Waals surface area contributed by atoms with E-state index in [9.17, 15) is 30.3 Å². The molecule has 5 atom stereocenters. The molecule has 10 nitrogen and oxygen atoms in total. The van der Waals surface area contributed by atoms with Crippen LogP contribution in [0.25, 0.3) is 22.3 Å². The van der Waals surface area contributed by atoms with Crippen LogP contribution < -0.4 is 14.9 Å². The Hall–Kier alpha value is -3.31. The van der Waals surface area contributed by atoms with Crippen LogP contribution in [-0.2, 0) is 4.74 Å². The quantitative estimate of drug-likeness (QED) is 0.393. The Morgan fingerprint density at radius 1 is 0.969 bits per heavy atom. The third kappa shape index (κ3) is 3.73. The summed E-state index contributed by atoms with van der Waals surface area (Å²) < 4.78 is 22.0. The van der Waals surface area contributed by atoms with E-state index in [-0.39, 0.29) is 34.0 Å². The van der Waals surface area contributed by atoms with Crippen molar-refractivity contribution in [1.82, 2.24) is 0 Å². The molecule has 2 aromatic carbocycles. The van der Waals surface area contributed by atoms with Crippen LogP contribution in [-0.4, -0.2) is 63.3 Å². The molecule has 1 aliphatic heterocycles. The molecule has 1 saturated heterocycles. The van der Waals surface area contributed by atoms with Crippen LogP contribution >= 0.6 is 0 Å². The SMILES string of the molecule is COc1c(-c2ccc(O)cc2)oc2cc(O[C@@H]3O[C@H](C)[C@H](O)[C@H](O)[C@H]3O)cc(O)c2c1=O. The van der Waals surface area contributed by atoms with Crippen LogP contribution in [0.3, 0.4) is 0 Å². The Balaban J connectivity index is 1.79. The summed E-state index contributed by atoms with van der Waals surface area (Å²) in [5.74, 6) is -0.510. The zero-order valence-electron chi connectivity index (χ0n) is 17.1. The highest BCUT2D eigenvalue weighted by molar-refractivity contribution is 5.88. The van der Waals surface area contributed by atoms with Crippen LogP contribution in [0.4, 0.5) is 0 Å². The summed E-state index contributed by atoms with van der Waals surface area (Å²) in [5, 5.41) is 49.8. The first-order valence-corrected chi connectivity index (χ1v) is 9.74. The molecular formula is C22H22O10. The van der Waals surface area contributed by atoms with E-state index in [1.807, 2.05) is 0 Å². The van der Waals surface area contributed by atoms with Crippen molar-refractivity contribution in [1.29, 1.82) is 0 Å². The average Bonchev–Trinajstić information content (AvgIpc) is 2.76. The van der Waals surface area contributed by atoms with Gasteiger partial charge >= 0.3 is 0 Å². The Kier molecular flexibility index (Phi) is 5.70. The molecule has 10 heteroatoms. The monoisotopic (exact) mass is 446 g/mol. The standard InChI is InChI=1S/C22H22O10/c1-9-16(25)18(27)19(28)22(30-9)31-12-7-13(24)15-14(8-12)32-20(21(29-2)17(15)26)10-3-5-11(23)6-4-10/h3-9,16,18-19,22-25,27-28H,1-2H3/t9-,16+,18+,19-,22+/m1/s1. The van der Waals surface area contributed by atoms with Gasteiger partial charge in [-0.2, -0.15) is 0 Å². The highest BCUT2D eigenvalue weighted by atomic mass is 16.7. The van der Waals surface area contributed by atoms with Crippen molar-refractivity contribution in [2.75, 3.05) is 7.11 Å². The normalized spacial score (nSPS) is 25.6. The minimum atomic E-state index is -1.56. The van der Waals surface area contributed by atoms with Crippen LogP contribution in [0.1, 0.15) is 6.92 Å². The van der Waals surface area contributed by atoms with Gasteiger partial charge in [-0.15, -0.1) is 0 Å². The molecule has 0 amide bonds. The molecule has 0 radical (unpaired) electrons. The molecule has 32 heavy (non-hydrogen) atoms. The molecule has 1 aliphatic rings. The van der Waals surface area contributed by atoms with Gasteiger partial charge in [0.2, 0.25) is 17.5 Å². The Labute approximate surface area is 181 Å². The van der Waals surface area contributed by atoms with Crippen molar-refractivity contribution in [3.05, 3.63) is 46.6 Å². The number of benzene rings is 2. The summed E-state index contributed by atoms with van der Waals surface area (Å²) in [5.41, 5.74) is -0.212. The lowest BCUT2D eigenvalue weighted by Gasteiger charge is -2.38. The minimum absolute atomic E-state index is 0.0141. The lowest BCUT2D eigenvalue weighted by Crippen LogP contribution is -2.58. The number of hydrogen-bond acceptors (Lipinski definition) is 10. The van der Waals surface area contributed by atoms with E-state index in [0.717, 1.165) is 6.07 Å². The van der Waals surface area contributed by atoms with Gasteiger partial charge in [0.05, 0.1) is 13.2 Å². The zero-order valence-corrected chi connectivity index (χ0v) is 17.1. The molecular weight excluding hydrogens is 424 g/mol. The van der Waals surface area contributed by atoms with Crippen molar-refractivity contribution in [2.45, 2.75) is 37.6 Å². The van der Waals surface area contributed by atoms with E-state index >= 15 is 0 Å². The highest BCUT2D eigenvalue weighted by Gasteiger charge is 2.43. The first kappa shape index (κ1) is 21.9. The molecule has 0 spiro atoms. The van der Waals surface area contributed by atoms with E-state index in [2.05, 4.69) is 0 Å². The summed E-state index contributed by atoms with van der Waals surface area (Å²) >= 11 is 0. The van der Waals surface area contributed by atoms with Gasteiger partial charge in [-0.3, -0.25) is 4.79 Å². The van der Waals surface area contributed by atoms with E-state index in [0.29, 0.717) is 5.56 Å². The number of fused-ring (bicyclic) bond motifs is 1. The van der Waals surface area contributed by atoms with Gasteiger partial charge in [0.25, 0.3) is 0 Å². The Morgan fingerprint density at radius 2 is 1.66 bits per heavy atom. The molecule has 5 N–H and O–H groups in total. The van der Waals surface area contributed by atoms with E-state index < -0.39 is 41.9 Å². The highest BCUT2D eigenvalue weighted by Crippen LogP contribution is 2.37. The molecule has 2 heterocycles. The minimum Gasteiger partial charge on any atom is -0.508 e. The van der Waals surface area contributed by atoms with Crippen LogP contribution in [0.15, 0.2) is 45.6 Å². The van der Waals surface area contributed by atoms with Gasteiger partial charge in [-0.1, -0.05) is 0 Å². The third-order valence-electron chi connectivity index (χ3n) is 5.30. The number of aliphatic hydroxyl groups is 3. The van der Waals surface area contributed by atoms with Crippen LogP contribution in [0.5, 0.6) is 23.0 Å². The largest absolute Gasteiger partial charge is 0.508 e. The summed E-state index contributed by atoms with van der Waals surface area (Å²) in [4.78, 5) is 13.0. The fraction of sp³-hybridized carbons (Fsp3) is 0.318. The molecule has 0 aliphatic carbocycles. The molecule has 1 fully saturated rings. The number of rotatable bonds is 4. The van der Waals surface area contributed by atoms with Crippen LogP contribution in [0, 0.1) is 0 Å². The molecule has 170 valence electrons. The maximum absolute atomic E-state index is 13.0. The summed E-state index contributed by atoms with van der Waals surface area (Å²) in [6, 6.07) is 8.34. The van der Waals surface area contributed by atoms with Crippen molar-refractivity contribution in [3.63, 3.8) is 0 Å². The third-order valence-corrected chi connectivity index (χ3v) is 5.30. The molecule has 4 rings (SSSR count). The summed E-state index contributed by atoms with van der Waals surface area (Å²) in [7, 11) is 1.29. The van der Waals surface area contributed by atoms with E-state index in [1.54, 1.807) is 0 Å². The van der Waals surface area contributed by atoms with Gasteiger partial charge < -0.3 is 44.2 Å². The first-order chi connectivity index (χ1) is 15.2. The maximum Gasteiger partial charge on any atom is 0.239 e. The predicted octanol–water partition coefficient (Wildman–Crippen LogP) is 1.09. The summed E-state index contributed by atoms with van der Waals surface area (Å²) in [6.07, 6.45) is -6.53. The second-order valence-corrected chi connectivity index (χ2v) is 7.46. The fourth-order valence-electron chi connectivity index (χ4n) is 3.56. The number of phenolic OH excluding ortho intramolecular Hbond substituents is 2. The topological polar surface area (TPSA) is 159 Å². The van der Waals surface area contributed by atoms with Gasteiger partial charge in [0.1, 0.15) is 46.5 Å². The summed E-state index contributed by atoms with van der Waals surface area (Å²) in [6.45, 7) is 1.50. The fourth-order valence-corrected chi connectivity index (χ4v) is 3.56. The number of methoxy groups -OCH3 is 1. The lowest BCUT2D eigenvalue weighted by molar-refractivity contribution is -0.268. The number of aliphatic hydroxyl groups excluding tert-OH is 3. The second-order valence-electron chi connectivity index (χ2n) is 7.46. The van der Waals surface area contributed by atoms with Gasteiger partial charge in [-0.05, 0) is 31.2 Å². The van der Waals surface area contributed by atoms with Gasteiger partial charge in [0.15, 0.2) is 5.76 Å². The molecule has 0 bridgehead atoms. The first-order valence-electron chi connectivity index (χ1n) is 9.74. The second kappa shape index (κ2) is 8.32. The van der Waals surface area contributed by atoms with E-state index in [4.69, 9.17) is 18.6 Å². The molecule has 0 saturated carbocycles. The van der Waals surface area contributed by atoms with Gasteiger partial charge in [0, 0.05) is 17.7 Å². The molecule has 3 aromatic rings. The number of phenols is 2. The lowest BCUT2D eigenvalue weighted by atomic mass is 10.00. The maximum atomic E-state index is 13.0. The average molecular weight is 446 g/mol. The molecule has 1 aromatic heterocycles. The number of ether oxygens (including phenoxy) is 3. The van der Waals surface area contributed by atoms with Crippen LogP contribution in [0.2, 0.25) is 0 Å². The zero-order chi connectivity index (χ0) is 23.2. The van der Waals surface area contributed by atoms with Crippen molar-refractivity contribution in [3.8, 4) is 34.3 Å². The number of hydrogen-bond donors (Lipinski definition) is 5.